The number of carboxylic acid groups (broad SMARTS) is 1. The van der Waals surface area contributed by atoms with Crippen molar-refractivity contribution in [3.63, 3.8) is 0 Å². The highest BCUT2D eigenvalue weighted by Crippen LogP contribution is 2.58. The first-order valence-corrected chi connectivity index (χ1v) is 7.54. The van der Waals surface area contributed by atoms with E-state index in [0.717, 1.165) is 5.56 Å². The van der Waals surface area contributed by atoms with E-state index < -0.39 is 17.3 Å². The van der Waals surface area contributed by atoms with Crippen LogP contribution >= 0.6 is 0 Å². The average molecular weight is 321 g/mol. The van der Waals surface area contributed by atoms with Crippen molar-refractivity contribution in [3.05, 3.63) is 17.7 Å². The van der Waals surface area contributed by atoms with E-state index in [-0.39, 0.29) is 11.8 Å². The Bertz CT molecular complexity index is 615. The van der Waals surface area contributed by atoms with Gasteiger partial charge in [-0.25, -0.2) is 0 Å². The molecule has 1 aromatic carbocycles. The van der Waals surface area contributed by atoms with Crippen LogP contribution in [0.4, 0.5) is 5.69 Å². The smallest absolute Gasteiger partial charge is 0.310 e. The second-order valence-electron chi connectivity index (χ2n) is 6.25. The number of anilines is 1. The van der Waals surface area contributed by atoms with Gasteiger partial charge >= 0.3 is 5.97 Å². The lowest BCUT2D eigenvalue weighted by Gasteiger charge is -2.17. The molecule has 1 aliphatic carbocycles. The van der Waals surface area contributed by atoms with E-state index in [1.165, 1.54) is 0 Å². The van der Waals surface area contributed by atoms with Crippen LogP contribution in [0.5, 0.6) is 11.5 Å². The molecular weight excluding hydrogens is 298 g/mol. The zero-order valence-electron chi connectivity index (χ0n) is 14.1. The van der Waals surface area contributed by atoms with Gasteiger partial charge in [0.25, 0.3) is 0 Å². The van der Waals surface area contributed by atoms with Crippen LogP contribution < -0.4 is 14.8 Å². The Morgan fingerprint density at radius 2 is 1.78 bits per heavy atom. The van der Waals surface area contributed by atoms with Crippen molar-refractivity contribution in [3.8, 4) is 11.5 Å². The molecule has 2 atom stereocenters. The number of carboxylic acids is 1. The van der Waals surface area contributed by atoms with Crippen LogP contribution in [0.15, 0.2) is 12.1 Å². The number of benzene rings is 1. The van der Waals surface area contributed by atoms with Crippen LogP contribution in [0.2, 0.25) is 0 Å². The third-order valence-electron chi connectivity index (χ3n) is 4.77. The van der Waals surface area contributed by atoms with E-state index in [1.807, 2.05) is 20.8 Å². The summed E-state index contributed by atoms with van der Waals surface area (Å²) in [6.07, 6.45) is 0.367. The van der Waals surface area contributed by atoms with Crippen LogP contribution in [-0.4, -0.2) is 31.2 Å². The van der Waals surface area contributed by atoms with E-state index in [4.69, 9.17) is 9.47 Å². The van der Waals surface area contributed by atoms with E-state index in [0.29, 0.717) is 23.6 Å². The summed E-state index contributed by atoms with van der Waals surface area (Å²) in [6, 6.07) is 3.41. The zero-order chi connectivity index (χ0) is 17.4. The van der Waals surface area contributed by atoms with Crippen LogP contribution in [0, 0.1) is 24.2 Å². The van der Waals surface area contributed by atoms with Gasteiger partial charge in [-0.2, -0.15) is 0 Å². The summed E-state index contributed by atoms with van der Waals surface area (Å²) in [4.78, 5) is 23.9. The monoisotopic (exact) mass is 321 g/mol. The van der Waals surface area contributed by atoms with Crippen LogP contribution in [0.1, 0.15) is 25.8 Å². The highest BCUT2D eigenvalue weighted by atomic mass is 16.5. The third-order valence-corrected chi connectivity index (χ3v) is 4.77. The minimum absolute atomic E-state index is 0.0992. The van der Waals surface area contributed by atoms with Gasteiger partial charge in [0.2, 0.25) is 5.91 Å². The molecule has 1 fully saturated rings. The predicted octanol–water partition coefficient (Wildman–Crippen LogP) is 2.70. The minimum Gasteiger partial charge on any atom is -0.496 e. The Balaban J connectivity index is 2.21. The Kier molecular flexibility index (Phi) is 4.54. The van der Waals surface area contributed by atoms with E-state index in [9.17, 15) is 14.7 Å². The molecule has 0 spiro atoms. The number of ether oxygens (including phenoxy) is 2. The maximum Gasteiger partial charge on any atom is 0.310 e. The van der Waals surface area contributed by atoms with Gasteiger partial charge in [0.05, 0.1) is 25.6 Å². The normalized spacial score (nSPS) is 22.6. The molecule has 0 heterocycles. The Morgan fingerprint density at radius 3 is 2.13 bits per heavy atom. The summed E-state index contributed by atoms with van der Waals surface area (Å²) >= 11 is 0. The predicted molar refractivity (Wildman–Crippen MR) is 85.9 cm³/mol. The number of hydrogen-bond acceptors (Lipinski definition) is 4. The highest BCUT2D eigenvalue weighted by Gasteiger charge is 2.65. The van der Waals surface area contributed by atoms with Crippen LogP contribution in [-0.2, 0) is 9.59 Å². The van der Waals surface area contributed by atoms with Gasteiger partial charge in [0.15, 0.2) is 0 Å². The van der Waals surface area contributed by atoms with Crippen molar-refractivity contribution in [2.45, 2.75) is 27.2 Å². The molecule has 2 N–H and O–H groups in total. The first kappa shape index (κ1) is 17.1. The average Bonchev–Trinajstić information content (AvgIpc) is 3.26. The molecule has 6 nitrogen and oxygen atoms in total. The summed E-state index contributed by atoms with van der Waals surface area (Å²) < 4.78 is 10.6. The number of carbonyl (C=O) groups excluding carboxylic acids is 1. The summed E-state index contributed by atoms with van der Waals surface area (Å²) in [5.41, 5.74) is 0.411. The first-order valence-electron chi connectivity index (χ1n) is 7.54. The zero-order valence-corrected chi connectivity index (χ0v) is 14.1. The Morgan fingerprint density at radius 1 is 1.26 bits per heavy atom. The highest BCUT2D eigenvalue weighted by molar-refractivity contribution is 6.00. The molecule has 126 valence electrons. The fourth-order valence-electron chi connectivity index (χ4n) is 3.11. The molecule has 1 amide bonds. The second-order valence-corrected chi connectivity index (χ2v) is 6.25. The molecule has 1 aromatic rings. The maximum absolute atomic E-state index is 12.4. The van der Waals surface area contributed by atoms with Gasteiger partial charge < -0.3 is 19.9 Å². The molecule has 1 saturated carbocycles. The summed E-state index contributed by atoms with van der Waals surface area (Å²) in [6.45, 7) is 5.52. The van der Waals surface area contributed by atoms with Gasteiger partial charge in [-0.15, -0.1) is 0 Å². The number of nitrogens with one attached hydrogen (secondary N) is 1. The minimum atomic E-state index is -0.955. The molecule has 0 bridgehead atoms. The maximum atomic E-state index is 12.4. The first-order chi connectivity index (χ1) is 10.8. The van der Waals surface area contributed by atoms with Gasteiger partial charge in [0.1, 0.15) is 11.5 Å². The number of aliphatic carboxylic acids is 1. The molecule has 0 aliphatic heterocycles. The molecule has 23 heavy (non-hydrogen) atoms. The van der Waals surface area contributed by atoms with Gasteiger partial charge in [-0.3, -0.25) is 9.59 Å². The summed E-state index contributed by atoms with van der Waals surface area (Å²) in [5.74, 6) is -0.607. The van der Waals surface area contributed by atoms with Gasteiger partial charge in [0, 0.05) is 23.4 Å². The largest absolute Gasteiger partial charge is 0.496 e. The van der Waals surface area contributed by atoms with E-state index >= 15 is 0 Å². The SMILES string of the molecule is COc1cc(NC(=O)C2CC2(C(=O)O)C(C)C)cc(OC)c1C. The van der Waals surface area contributed by atoms with Crippen molar-refractivity contribution in [2.24, 2.45) is 17.3 Å². The fourth-order valence-corrected chi connectivity index (χ4v) is 3.11. The third kappa shape index (κ3) is 2.85. The van der Waals surface area contributed by atoms with E-state index in [1.54, 1.807) is 26.4 Å². The molecule has 6 heteroatoms. The number of hydrogen-bond donors (Lipinski definition) is 2. The topological polar surface area (TPSA) is 84.9 Å². The molecule has 0 aromatic heterocycles. The lowest BCUT2D eigenvalue weighted by atomic mass is 9.89. The Labute approximate surface area is 135 Å². The van der Waals surface area contributed by atoms with E-state index in [2.05, 4.69) is 5.32 Å². The molecular formula is C17H23NO5. The lowest BCUT2D eigenvalue weighted by Crippen LogP contribution is -2.28. The number of carbonyl (C=O) groups is 2. The summed E-state index contributed by atoms with van der Waals surface area (Å²) in [5, 5.41) is 12.2. The molecule has 2 rings (SSSR count). The Hall–Kier alpha value is -2.24. The summed E-state index contributed by atoms with van der Waals surface area (Å²) in [7, 11) is 3.09. The van der Waals surface area contributed by atoms with Crippen molar-refractivity contribution >= 4 is 17.6 Å². The van der Waals surface area contributed by atoms with Crippen molar-refractivity contribution in [1.29, 1.82) is 0 Å². The molecule has 1 aliphatic rings. The standard InChI is InChI=1S/C17H23NO5/c1-9(2)17(16(20)21)8-12(17)15(19)18-11-6-13(22-4)10(3)14(7-11)23-5/h6-7,9,12H,8H2,1-5H3,(H,18,19)(H,20,21). The molecule has 2 unspecified atom stereocenters. The van der Waals surface area contributed by atoms with Gasteiger partial charge in [-0.1, -0.05) is 13.8 Å². The number of rotatable bonds is 6. The quantitative estimate of drug-likeness (QED) is 0.841. The van der Waals surface area contributed by atoms with Crippen molar-refractivity contribution < 1.29 is 24.2 Å². The lowest BCUT2D eigenvalue weighted by molar-refractivity contribution is -0.147. The molecule has 0 radical (unpaired) electrons. The number of amides is 1. The fraction of sp³-hybridized carbons (Fsp3) is 0.529. The number of methoxy groups -OCH3 is 2. The second kappa shape index (κ2) is 6.10. The van der Waals surface area contributed by atoms with Gasteiger partial charge in [-0.05, 0) is 19.3 Å². The molecule has 0 saturated heterocycles. The van der Waals surface area contributed by atoms with Crippen molar-refractivity contribution in [1.82, 2.24) is 0 Å². The van der Waals surface area contributed by atoms with Crippen molar-refractivity contribution in [2.75, 3.05) is 19.5 Å². The van der Waals surface area contributed by atoms with Crippen LogP contribution in [0.3, 0.4) is 0 Å². The van der Waals surface area contributed by atoms with Crippen LogP contribution in [0.25, 0.3) is 0 Å².